The van der Waals surface area contributed by atoms with Gasteiger partial charge in [0.1, 0.15) is 12.4 Å². The van der Waals surface area contributed by atoms with Crippen LogP contribution in [0.2, 0.25) is 0 Å². The second-order valence-electron chi connectivity index (χ2n) is 6.66. The average Bonchev–Trinajstić information content (AvgIpc) is 3.28. The maximum atomic E-state index is 11.1. The Morgan fingerprint density at radius 3 is 2.43 bits per heavy atom. The van der Waals surface area contributed by atoms with Gasteiger partial charge in [-0.05, 0) is 52.6 Å². The number of ether oxygens (including phenoxy) is 1. The molecule has 4 aromatic rings. The molecule has 150 valence electrons. The highest BCUT2D eigenvalue weighted by Gasteiger charge is 2.15. The monoisotopic (exact) mass is 431 g/mol. The minimum absolute atomic E-state index is 0.173. The molecule has 0 radical (unpaired) electrons. The molecule has 0 spiro atoms. The molecule has 0 aliphatic rings. The molecule has 0 saturated carbocycles. The van der Waals surface area contributed by atoms with Gasteiger partial charge in [0.25, 0.3) is 0 Å². The van der Waals surface area contributed by atoms with E-state index in [0.29, 0.717) is 6.61 Å². The molecule has 3 nitrogen and oxygen atoms in total. The summed E-state index contributed by atoms with van der Waals surface area (Å²) in [6.07, 6.45) is 2.05. The summed E-state index contributed by atoms with van der Waals surface area (Å²) in [5.41, 5.74) is 4.33. The number of carbonyl (C=O) groups is 1. The van der Waals surface area contributed by atoms with Gasteiger partial charge in [0.15, 0.2) is 0 Å². The van der Waals surface area contributed by atoms with Gasteiger partial charge in [0, 0.05) is 20.9 Å². The topological polar surface area (TPSA) is 49.4 Å². The smallest absolute Gasteiger partial charge is 0.128 e. The van der Waals surface area contributed by atoms with Crippen molar-refractivity contribution in [2.45, 2.75) is 11.5 Å². The number of thioether (sulfide) groups is 1. The third-order valence-corrected chi connectivity index (χ3v) is 6.44. The SMILES string of the molecule is CSc1ccc(OCc2ccccc2)c(-c2sccc2-c2ccc(C(=O)[O-])cc2)c1. The molecule has 0 aliphatic carbocycles. The standard InChI is InChI=1S/C25H20O3S2/c1-29-20-11-12-23(28-16-17-5-3-2-4-6-17)22(15-20)24-21(13-14-30-24)18-7-9-19(10-8-18)25(26)27/h2-15H,16H2,1H3,(H,26,27)/p-1. The summed E-state index contributed by atoms with van der Waals surface area (Å²) in [6, 6.07) is 25.2. The van der Waals surface area contributed by atoms with E-state index in [2.05, 4.69) is 24.5 Å². The van der Waals surface area contributed by atoms with Gasteiger partial charge in [-0.3, -0.25) is 0 Å². The van der Waals surface area contributed by atoms with Crippen LogP contribution in [-0.2, 0) is 6.61 Å². The van der Waals surface area contributed by atoms with Crippen molar-refractivity contribution in [3.63, 3.8) is 0 Å². The van der Waals surface area contributed by atoms with Crippen LogP contribution in [0.3, 0.4) is 0 Å². The fraction of sp³-hybridized carbons (Fsp3) is 0.0800. The maximum Gasteiger partial charge on any atom is 0.128 e. The molecule has 0 bridgehead atoms. The van der Waals surface area contributed by atoms with Crippen molar-refractivity contribution in [1.82, 2.24) is 0 Å². The van der Waals surface area contributed by atoms with Crippen LogP contribution in [0.1, 0.15) is 15.9 Å². The van der Waals surface area contributed by atoms with Crippen LogP contribution in [-0.4, -0.2) is 12.2 Å². The first kappa shape index (κ1) is 20.3. The Hall–Kier alpha value is -3.02. The number of carboxylic acid groups (broad SMARTS) is 1. The van der Waals surface area contributed by atoms with Crippen molar-refractivity contribution < 1.29 is 14.6 Å². The van der Waals surface area contributed by atoms with E-state index in [1.54, 1.807) is 35.2 Å². The lowest BCUT2D eigenvalue weighted by atomic mass is 10.0. The summed E-state index contributed by atoms with van der Waals surface area (Å²) in [5, 5.41) is 13.1. The first-order chi connectivity index (χ1) is 14.7. The Bertz CT molecular complexity index is 1150. The van der Waals surface area contributed by atoms with Crippen molar-refractivity contribution in [2.75, 3.05) is 6.26 Å². The van der Waals surface area contributed by atoms with Crippen LogP contribution in [0, 0.1) is 0 Å². The highest BCUT2D eigenvalue weighted by atomic mass is 32.2. The molecule has 5 heteroatoms. The fourth-order valence-electron chi connectivity index (χ4n) is 3.21. The molecule has 30 heavy (non-hydrogen) atoms. The Labute approximate surface area is 184 Å². The first-order valence-corrected chi connectivity index (χ1v) is 11.5. The lowest BCUT2D eigenvalue weighted by Crippen LogP contribution is -2.21. The van der Waals surface area contributed by atoms with Gasteiger partial charge in [0.2, 0.25) is 0 Å². The molecule has 0 atom stereocenters. The number of carbonyl (C=O) groups excluding carboxylic acids is 1. The van der Waals surface area contributed by atoms with Crippen LogP contribution >= 0.6 is 23.1 Å². The molecule has 0 amide bonds. The minimum atomic E-state index is -1.17. The van der Waals surface area contributed by atoms with Crippen molar-refractivity contribution >= 4 is 29.1 Å². The third-order valence-electron chi connectivity index (χ3n) is 4.77. The molecule has 0 fully saturated rings. The van der Waals surface area contributed by atoms with Gasteiger partial charge in [-0.25, -0.2) is 0 Å². The number of aromatic carboxylic acids is 1. The summed E-state index contributed by atoms with van der Waals surface area (Å²) in [4.78, 5) is 13.3. The second-order valence-corrected chi connectivity index (χ2v) is 8.46. The molecular weight excluding hydrogens is 412 g/mol. The first-order valence-electron chi connectivity index (χ1n) is 9.40. The largest absolute Gasteiger partial charge is 0.545 e. The molecule has 0 aliphatic heterocycles. The summed E-state index contributed by atoms with van der Waals surface area (Å²) in [5.74, 6) is -0.344. The number of benzene rings is 3. The Balaban J connectivity index is 1.71. The fourth-order valence-corrected chi connectivity index (χ4v) is 4.59. The quantitative estimate of drug-likeness (QED) is 0.350. The minimum Gasteiger partial charge on any atom is -0.545 e. The molecule has 0 saturated heterocycles. The zero-order valence-corrected chi connectivity index (χ0v) is 18.0. The zero-order chi connectivity index (χ0) is 20.9. The average molecular weight is 432 g/mol. The van der Waals surface area contributed by atoms with Gasteiger partial charge in [0.05, 0.1) is 5.97 Å². The van der Waals surface area contributed by atoms with Crippen LogP contribution in [0.4, 0.5) is 0 Å². The Kier molecular flexibility index (Phi) is 6.21. The second kappa shape index (κ2) is 9.20. The van der Waals surface area contributed by atoms with E-state index in [0.717, 1.165) is 37.8 Å². The molecule has 0 N–H and O–H groups in total. The van der Waals surface area contributed by atoms with E-state index in [1.807, 2.05) is 53.9 Å². The number of rotatable bonds is 7. The van der Waals surface area contributed by atoms with Crippen molar-refractivity contribution in [1.29, 1.82) is 0 Å². The van der Waals surface area contributed by atoms with E-state index in [4.69, 9.17) is 4.74 Å². The third kappa shape index (κ3) is 4.42. The summed E-state index contributed by atoms with van der Waals surface area (Å²) < 4.78 is 6.20. The Morgan fingerprint density at radius 2 is 1.73 bits per heavy atom. The maximum absolute atomic E-state index is 11.1. The predicted molar refractivity (Wildman–Crippen MR) is 122 cm³/mol. The van der Waals surface area contributed by atoms with E-state index >= 15 is 0 Å². The van der Waals surface area contributed by atoms with E-state index in [-0.39, 0.29) is 5.56 Å². The van der Waals surface area contributed by atoms with Crippen LogP contribution in [0.25, 0.3) is 21.6 Å². The highest BCUT2D eigenvalue weighted by molar-refractivity contribution is 7.98. The van der Waals surface area contributed by atoms with Crippen LogP contribution in [0.5, 0.6) is 5.75 Å². The van der Waals surface area contributed by atoms with Crippen molar-refractivity contribution in [3.05, 3.63) is 95.4 Å². The van der Waals surface area contributed by atoms with E-state index < -0.39 is 5.97 Å². The van der Waals surface area contributed by atoms with E-state index in [9.17, 15) is 9.90 Å². The number of thiophene rings is 1. The summed E-state index contributed by atoms with van der Waals surface area (Å²) in [7, 11) is 0. The zero-order valence-electron chi connectivity index (χ0n) is 16.3. The van der Waals surface area contributed by atoms with E-state index in [1.165, 1.54) is 0 Å². The lowest BCUT2D eigenvalue weighted by molar-refractivity contribution is -0.255. The molecule has 1 aromatic heterocycles. The summed E-state index contributed by atoms with van der Waals surface area (Å²) >= 11 is 3.33. The molecule has 3 aromatic carbocycles. The number of carboxylic acids is 1. The molecule has 1 heterocycles. The van der Waals surface area contributed by atoms with Crippen molar-refractivity contribution in [3.8, 4) is 27.3 Å². The Morgan fingerprint density at radius 1 is 0.967 bits per heavy atom. The number of hydrogen-bond acceptors (Lipinski definition) is 5. The molecule has 0 unspecified atom stereocenters. The van der Waals surface area contributed by atoms with Gasteiger partial charge in [-0.15, -0.1) is 23.1 Å². The summed E-state index contributed by atoms with van der Waals surface area (Å²) in [6.45, 7) is 0.494. The lowest BCUT2D eigenvalue weighted by Gasteiger charge is -2.14. The van der Waals surface area contributed by atoms with Crippen molar-refractivity contribution in [2.24, 2.45) is 0 Å². The predicted octanol–water partition coefficient (Wildman–Crippen LogP) is 5.75. The van der Waals surface area contributed by atoms with Gasteiger partial charge in [-0.2, -0.15) is 0 Å². The van der Waals surface area contributed by atoms with Crippen LogP contribution < -0.4 is 9.84 Å². The van der Waals surface area contributed by atoms with Gasteiger partial charge < -0.3 is 14.6 Å². The van der Waals surface area contributed by atoms with Gasteiger partial charge in [-0.1, -0.05) is 54.6 Å². The number of hydrogen-bond donors (Lipinski definition) is 0. The van der Waals surface area contributed by atoms with Gasteiger partial charge >= 0.3 is 0 Å². The molecule has 4 rings (SSSR count). The normalized spacial score (nSPS) is 10.7. The molecular formula is C25H19O3S2-. The van der Waals surface area contributed by atoms with Crippen LogP contribution in [0.15, 0.2) is 89.1 Å². The highest BCUT2D eigenvalue weighted by Crippen LogP contribution is 2.42.